The van der Waals surface area contributed by atoms with Gasteiger partial charge in [-0.1, -0.05) is 33.8 Å². The number of amides is 2. The average molecular weight is 669 g/mol. The number of nitrogens with zero attached hydrogens (tertiary/aromatic N) is 3. The second-order valence-corrected chi connectivity index (χ2v) is 19.0. The number of hydrogen-bond donors (Lipinski definition) is 1. The molecule has 0 bridgehead atoms. The summed E-state index contributed by atoms with van der Waals surface area (Å²) < 4.78 is 51.8. The molecule has 252 valence electrons. The van der Waals surface area contributed by atoms with Gasteiger partial charge in [0.05, 0.1) is 12.5 Å². The number of benzene rings is 1. The van der Waals surface area contributed by atoms with Crippen LogP contribution in [0.25, 0.3) is 11.1 Å². The minimum absolute atomic E-state index is 0.0373. The van der Waals surface area contributed by atoms with Crippen LogP contribution in [-0.2, 0) is 25.5 Å². The summed E-state index contributed by atoms with van der Waals surface area (Å²) in [6.45, 7) is 16.8. The van der Waals surface area contributed by atoms with Gasteiger partial charge in [0.1, 0.15) is 11.5 Å². The van der Waals surface area contributed by atoms with Crippen molar-refractivity contribution in [1.82, 2.24) is 9.97 Å². The molecular weight excluding hydrogens is 625 g/mol. The van der Waals surface area contributed by atoms with E-state index in [2.05, 4.69) is 57.2 Å². The SMILES string of the molecule is Cc1ccc(NC(=O)c2ccnc(C(F)(F)F)c2)cc1-c1cnc2c(c1)C1(C)CCOCCC1C(=O)N2CCO[Si](C)(C)C(C)(C)C. The van der Waals surface area contributed by atoms with E-state index in [0.717, 1.165) is 34.5 Å². The number of halogens is 3. The van der Waals surface area contributed by atoms with E-state index in [4.69, 9.17) is 14.1 Å². The van der Waals surface area contributed by atoms with Crippen LogP contribution in [-0.4, -0.2) is 56.5 Å². The minimum atomic E-state index is -4.66. The van der Waals surface area contributed by atoms with Gasteiger partial charge in [0, 0.05) is 59.9 Å². The Morgan fingerprint density at radius 3 is 2.57 bits per heavy atom. The molecule has 12 heteroatoms. The molecular formula is C35H43F3N4O4Si. The van der Waals surface area contributed by atoms with E-state index in [1.165, 1.54) is 6.07 Å². The number of fused-ring (bicyclic) bond motifs is 3. The summed E-state index contributed by atoms with van der Waals surface area (Å²) in [5, 5.41) is 2.76. The third-order valence-corrected chi connectivity index (χ3v) is 14.6. The maximum absolute atomic E-state index is 14.1. The number of carbonyl (C=O) groups excluding carboxylic acids is 2. The van der Waals surface area contributed by atoms with Crippen LogP contribution >= 0.6 is 0 Å². The first-order chi connectivity index (χ1) is 21.9. The number of aromatic nitrogens is 2. The van der Waals surface area contributed by atoms with Crippen LogP contribution in [0.3, 0.4) is 0 Å². The Bertz CT molecular complexity index is 1670. The van der Waals surface area contributed by atoms with Crippen LogP contribution in [0.5, 0.6) is 0 Å². The van der Waals surface area contributed by atoms with Crippen LogP contribution in [0.1, 0.15) is 67.7 Å². The van der Waals surface area contributed by atoms with Crippen LogP contribution < -0.4 is 10.2 Å². The molecule has 2 unspecified atom stereocenters. The lowest BCUT2D eigenvalue weighted by Crippen LogP contribution is -2.53. The highest BCUT2D eigenvalue weighted by atomic mass is 28.4. The third-order valence-electron chi connectivity index (χ3n) is 10.1. The number of nitrogens with one attached hydrogen (secondary N) is 1. The number of alkyl halides is 3. The number of hydrogen-bond acceptors (Lipinski definition) is 6. The molecule has 1 fully saturated rings. The van der Waals surface area contributed by atoms with Crippen molar-refractivity contribution in [3.8, 4) is 11.1 Å². The highest BCUT2D eigenvalue weighted by Gasteiger charge is 2.50. The molecule has 4 heterocycles. The zero-order chi connectivity index (χ0) is 34.4. The Balaban J connectivity index is 1.48. The molecule has 1 aromatic carbocycles. The fourth-order valence-corrected chi connectivity index (χ4v) is 7.13. The Labute approximate surface area is 275 Å². The van der Waals surface area contributed by atoms with Gasteiger partial charge in [-0.05, 0) is 79.4 Å². The van der Waals surface area contributed by atoms with Crippen molar-refractivity contribution in [2.45, 2.75) is 77.2 Å². The molecule has 1 saturated heterocycles. The predicted molar refractivity (Wildman–Crippen MR) is 178 cm³/mol. The van der Waals surface area contributed by atoms with Gasteiger partial charge < -0.3 is 14.5 Å². The molecule has 0 spiro atoms. The number of aryl methyl sites for hydroxylation is 1. The van der Waals surface area contributed by atoms with Gasteiger partial charge in [0.2, 0.25) is 5.91 Å². The van der Waals surface area contributed by atoms with E-state index in [9.17, 15) is 22.8 Å². The third kappa shape index (κ3) is 7.00. The lowest BCUT2D eigenvalue weighted by molar-refractivity contribution is -0.141. The molecule has 2 aromatic heterocycles. The van der Waals surface area contributed by atoms with E-state index < -0.39 is 31.5 Å². The summed E-state index contributed by atoms with van der Waals surface area (Å²) in [4.78, 5) is 37.0. The number of carbonyl (C=O) groups is 2. The van der Waals surface area contributed by atoms with Gasteiger partial charge in [-0.3, -0.25) is 19.5 Å². The summed E-state index contributed by atoms with van der Waals surface area (Å²) in [5.41, 5.74) is 2.13. The molecule has 0 radical (unpaired) electrons. The van der Waals surface area contributed by atoms with E-state index >= 15 is 0 Å². The minimum Gasteiger partial charge on any atom is -0.415 e. The molecule has 2 atom stereocenters. The fourth-order valence-electron chi connectivity index (χ4n) is 6.10. The van der Waals surface area contributed by atoms with Crippen LogP contribution in [0, 0.1) is 12.8 Å². The van der Waals surface area contributed by atoms with E-state index in [0.29, 0.717) is 50.7 Å². The lowest BCUT2D eigenvalue weighted by Gasteiger charge is -2.45. The topological polar surface area (TPSA) is 93.7 Å². The Kier molecular flexibility index (Phi) is 9.44. The second kappa shape index (κ2) is 12.8. The summed E-state index contributed by atoms with van der Waals surface area (Å²) in [5.74, 6) is -0.302. The Morgan fingerprint density at radius 1 is 1.13 bits per heavy atom. The quantitative estimate of drug-likeness (QED) is 0.259. The molecule has 1 N–H and O–H groups in total. The average Bonchev–Trinajstić information content (AvgIpc) is 3.21. The van der Waals surface area contributed by atoms with Crippen molar-refractivity contribution in [3.63, 3.8) is 0 Å². The summed E-state index contributed by atoms with van der Waals surface area (Å²) in [6.07, 6.45) is -0.695. The first-order valence-electron chi connectivity index (χ1n) is 15.9. The first-order valence-corrected chi connectivity index (χ1v) is 18.8. The number of pyridine rings is 2. The molecule has 8 nitrogen and oxygen atoms in total. The molecule has 2 aliphatic rings. The Hall–Kier alpha value is -3.61. The van der Waals surface area contributed by atoms with Crippen LogP contribution in [0.4, 0.5) is 24.7 Å². The zero-order valence-corrected chi connectivity index (χ0v) is 29.0. The molecule has 47 heavy (non-hydrogen) atoms. The molecule has 2 aliphatic heterocycles. The van der Waals surface area contributed by atoms with Crippen molar-refractivity contribution in [1.29, 1.82) is 0 Å². The molecule has 5 rings (SSSR count). The van der Waals surface area contributed by atoms with Gasteiger partial charge in [-0.15, -0.1) is 0 Å². The smallest absolute Gasteiger partial charge is 0.415 e. The normalized spacial score (nSPS) is 20.3. The van der Waals surface area contributed by atoms with Crippen molar-refractivity contribution in [3.05, 3.63) is 71.2 Å². The summed E-state index contributed by atoms with van der Waals surface area (Å²) in [6, 6.07) is 9.40. The summed E-state index contributed by atoms with van der Waals surface area (Å²) >= 11 is 0. The van der Waals surface area contributed by atoms with E-state index in [1.54, 1.807) is 23.2 Å². The van der Waals surface area contributed by atoms with Gasteiger partial charge in [-0.25, -0.2) is 4.98 Å². The molecule has 0 aliphatic carbocycles. The largest absolute Gasteiger partial charge is 0.433 e. The highest BCUT2D eigenvalue weighted by molar-refractivity contribution is 6.74. The van der Waals surface area contributed by atoms with Gasteiger partial charge in [0.15, 0.2) is 8.32 Å². The van der Waals surface area contributed by atoms with Gasteiger partial charge in [0.25, 0.3) is 5.91 Å². The van der Waals surface area contributed by atoms with Crippen LogP contribution in [0.2, 0.25) is 18.1 Å². The van der Waals surface area contributed by atoms with Crippen molar-refractivity contribution >= 4 is 31.6 Å². The van der Waals surface area contributed by atoms with Crippen molar-refractivity contribution in [2.75, 3.05) is 36.6 Å². The van der Waals surface area contributed by atoms with Crippen molar-refractivity contribution in [2.24, 2.45) is 5.92 Å². The molecule has 0 saturated carbocycles. The fraction of sp³-hybridized carbons (Fsp3) is 0.486. The Morgan fingerprint density at radius 2 is 1.87 bits per heavy atom. The van der Waals surface area contributed by atoms with Crippen LogP contribution in [0.15, 0.2) is 48.8 Å². The lowest BCUT2D eigenvalue weighted by atomic mass is 9.66. The van der Waals surface area contributed by atoms with Crippen molar-refractivity contribution < 1.29 is 31.9 Å². The maximum atomic E-state index is 14.1. The zero-order valence-electron chi connectivity index (χ0n) is 28.0. The van der Waals surface area contributed by atoms with Gasteiger partial charge in [-0.2, -0.15) is 13.2 Å². The number of ether oxygens (including phenoxy) is 1. The maximum Gasteiger partial charge on any atom is 0.433 e. The monoisotopic (exact) mass is 668 g/mol. The number of rotatable bonds is 7. The van der Waals surface area contributed by atoms with E-state index in [1.807, 2.05) is 13.0 Å². The second-order valence-electron chi connectivity index (χ2n) is 14.2. The molecule has 2 amide bonds. The molecule has 3 aromatic rings. The predicted octanol–water partition coefficient (Wildman–Crippen LogP) is 7.78. The first kappa shape index (κ1) is 34.7. The summed E-state index contributed by atoms with van der Waals surface area (Å²) in [7, 11) is -2.03. The standard InChI is InChI=1S/C35H43F3N4O4Si/c1-22-8-9-25(41-31(43)23-10-13-39-29(19-23)35(36,37)38)20-26(22)24-18-28-30(40-21-24)42(14-17-46-47(6,7)33(2,3)4)32(44)27-11-15-45-16-12-34(27,28)5/h8-10,13,18-21,27H,11-12,14-17H2,1-7H3,(H,41,43). The highest BCUT2D eigenvalue weighted by Crippen LogP contribution is 2.49. The van der Waals surface area contributed by atoms with E-state index in [-0.39, 0.29) is 22.4 Å². The van der Waals surface area contributed by atoms with Gasteiger partial charge >= 0.3 is 6.18 Å². The number of anilines is 2.